The third-order valence-corrected chi connectivity index (χ3v) is 5.39. The van der Waals surface area contributed by atoms with E-state index in [2.05, 4.69) is 0 Å². The highest BCUT2D eigenvalue weighted by molar-refractivity contribution is 6.31. The molecule has 0 N–H and O–H groups in total. The van der Waals surface area contributed by atoms with Crippen LogP contribution < -0.4 is 14.2 Å². The van der Waals surface area contributed by atoms with Gasteiger partial charge in [0.25, 0.3) is 0 Å². The number of halogens is 2. The molecule has 0 amide bonds. The zero-order valence-corrected chi connectivity index (χ0v) is 17.9. The zero-order chi connectivity index (χ0) is 22.2. The fourth-order valence-corrected chi connectivity index (χ4v) is 3.81. The highest BCUT2D eigenvalue weighted by atomic mass is 35.5. The van der Waals surface area contributed by atoms with Gasteiger partial charge in [-0.2, -0.15) is 0 Å². The van der Waals surface area contributed by atoms with Gasteiger partial charge in [-0.3, -0.25) is 4.79 Å². The van der Waals surface area contributed by atoms with Crippen molar-refractivity contribution in [1.29, 1.82) is 0 Å². The summed E-state index contributed by atoms with van der Waals surface area (Å²) in [5.41, 5.74) is 2.11. The van der Waals surface area contributed by atoms with Gasteiger partial charge in [-0.05, 0) is 54.6 Å². The molecule has 5 rings (SSSR count). The summed E-state index contributed by atoms with van der Waals surface area (Å²) in [5.74, 6) is 0.406. The standard InChI is InChI=1S/C24H14Cl2O6/c25-16-3-1-13(2-4-16)24(28)31-18-5-6-19-20(10-18)32-21(22(19)27)9-14-7-17(26)8-15-11-29-12-30-23(14)15/h1-10H,11-12H2. The molecule has 0 radical (unpaired) electrons. The van der Waals surface area contributed by atoms with Crippen LogP contribution in [0.3, 0.4) is 0 Å². The van der Waals surface area contributed by atoms with Crippen molar-refractivity contribution in [2.24, 2.45) is 0 Å². The van der Waals surface area contributed by atoms with E-state index in [0.717, 1.165) is 5.56 Å². The molecule has 3 aromatic carbocycles. The zero-order valence-electron chi connectivity index (χ0n) is 16.4. The number of carbonyl (C=O) groups excluding carboxylic acids is 2. The highest BCUT2D eigenvalue weighted by Gasteiger charge is 2.29. The third kappa shape index (κ3) is 3.96. The number of ether oxygens (including phenoxy) is 4. The monoisotopic (exact) mass is 468 g/mol. The van der Waals surface area contributed by atoms with Gasteiger partial charge in [0.05, 0.1) is 17.7 Å². The Balaban J connectivity index is 1.40. The van der Waals surface area contributed by atoms with E-state index in [4.69, 9.17) is 42.1 Å². The van der Waals surface area contributed by atoms with Crippen LogP contribution in [0.2, 0.25) is 10.0 Å². The van der Waals surface area contributed by atoms with E-state index < -0.39 is 5.97 Å². The Hall–Kier alpha value is -3.32. The first kappa shape index (κ1) is 20.6. The molecule has 3 aromatic rings. The molecular weight excluding hydrogens is 455 g/mol. The highest BCUT2D eigenvalue weighted by Crippen LogP contribution is 2.38. The first-order chi connectivity index (χ1) is 15.5. The Bertz CT molecular complexity index is 1280. The summed E-state index contributed by atoms with van der Waals surface area (Å²) >= 11 is 12.0. The van der Waals surface area contributed by atoms with Crippen molar-refractivity contribution in [3.63, 3.8) is 0 Å². The summed E-state index contributed by atoms with van der Waals surface area (Å²) in [5, 5.41) is 1.01. The number of hydrogen-bond acceptors (Lipinski definition) is 6. The number of rotatable bonds is 3. The number of benzene rings is 3. The van der Waals surface area contributed by atoms with Crippen molar-refractivity contribution in [1.82, 2.24) is 0 Å². The Morgan fingerprint density at radius 2 is 1.81 bits per heavy atom. The Morgan fingerprint density at radius 1 is 1.00 bits per heavy atom. The molecule has 6 nitrogen and oxygen atoms in total. The molecule has 0 saturated heterocycles. The second kappa shape index (κ2) is 8.31. The van der Waals surface area contributed by atoms with Crippen LogP contribution in [0.1, 0.15) is 31.8 Å². The number of Topliss-reactive ketones (excluding diaryl/α,β-unsaturated/α-hetero) is 1. The van der Waals surface area contributed by atoms with E-state index in [-0.39, 0.29) is 24.1 Å². The maximum Gasteiger partial charge on any atom is 0.343 e. The molecule has 0 aliphatic carbocycles. The van der Waals surface area contributed by atoms with Crippen molar-refractivity contribution in [3.05, 3.63) is 92.7 Å². The second-order valence-corrected chi connectivity index (χ2v) is 7.96. The van der Waals surface area contributed by atoms with Gasteiger partial charge in [-0.15, -0.1) is 0 Å². The van der Waals surface area contributed by atoms with Gasteiger partial charge in [0.1, 0.15) is 17.2 Å². The fraction of sp³-hybridized carbons (Fsp3) is 0.0833. The number of esters is 1. The van der Waals surface area contributed by atoms with E-state index >= 15 is 0 Å². The van der Waals surface area contributed by atoms with Crippen LogP contribution in [0.4, 0.5) is 0 Å². The molecular formula is C24H14Cl2O6. The SMILES string of the molecule is O=C(Oc1ccc2c(c1)OC(=Cc1cc(Cl)cc3c1OCOC3)C2=O)c1ccc(Cl)cc1. The average molecular weight is 469 g/mol. The van der Waals surface area contributed by atoms with Crippen LogP contribution in [0.15, 0.2) is 60.4 Å². The molecule has 0 fully saturated rings. The maximum atomic E-state index is 12.8. The average Bonchev–Trinajstić information content (AvgIpc) is 3.08. The third-order valence-electron chi connectivity index (χ3n) is 4.92. The Labute approximate surface area is 192 Å². The maximum absolute atomic E-state index is 12.8. The lowest BCUT2D eigenvalue weighted by Gasteiger charge is -2.20. The minimum Gasteiger partial charge on any atom is -0.467 e. The molecule has 2 aliphatic rings. The molecule has 160 valence electrons. The molecule has 2 aliphatic heterocycles. The smallest absolute Gasteiger partial charge is 0.343 e. The summed E-state index contributed by atoms with van der Waals surface area (Å²) in [6.45, 7) is 0.478. The molecule has 32 heavy (non-hydrogen) atoms. The van der Waals surface area contributed by atoms with Crippen molar-refractivity contribution < 1.29 is 28.5 Å². The van der Waals surface area contributed by atoms with E-state index in [1.54, 1.807) is 54.6 Å². The van der Waals surface area contributed by atoms with Crippen molar-refractivity contribution in [2.75, 3.05) is 6.79 Å². The Kier molecular flexibility index (Phi) is 5.35. The molecule has 0 atom stereocenters. The van der Waals surface area contributed by atoms with Crippen LogP contribution in [0.5, 0.6) is 17.2 Å². The largest absolute Gasteiger partial charge is 0.467 e. The quantitative estimate of drug-likeness (QED) is 0.279. The van der Waals surface area contributed by atoms with Crippen LogP contribution in [-0.4, -0.2) is 18.5 Å². The van der Waals surface area contributed by atoms with Gasteiger partial charge in [0, 0.05) is 27.2 Å². The van der Waals surface area contributed by atoms with Crippen LogP contribution in [-0.2, 0) is 11.3 Å². The topological polar surface area (TPSA) is 71.1 Å². The molecule has 2 heterocycles. The minimum atomic E-state index is -0.549. The fourth-order valence-electron chi connectivity index (χ4n) is 3.44. The van der Waals surface area contributed by atoms with E-state index in [9.17, 15) is 9.59 Å². The Morgan fingerprint density at radius 3 is 2.62 bits per heavy atom. The number of ketones is 1. The van der Waals surface area contributed by atoms with Gasteiger partial charge in [-0.25, -0.2) is 4.79 Å². The summed E-state index contributed by atoms with van der Waals surface area (Å²) in [6, 6.07) is 14.4. The number of allylic oxidation sites excluding steroid dienone is 1. The lowest BCUT2D eigenvalue weighted by molar-refractivity contribution is -0.0165. The van der Waals surface area contributed by atoms with Gasteiger partial charge in [-0.1, -0.05) is 23.2 Å². The van der Waals surface area contributed by atoms with E-state index in [1.165, 1.54) is 6.07 Å². The van der Waals surface area contributed by atoms with E-state index in [0.29, 0.717) is 44.8 Å². The van der Waals surface area contributed by atoms with E-state index in [1.807, 2.05) is 0 Å². The lowest BCUT2D eigenvalue weighted by atomic mass is 10.1. The molecule has 0 saturated carbocycles. The molecule has 0 bridgehead atoms. The summed E-state index contributed by atoms with van der Waals surface area (Å²) < 4.78 is 22.0. The van der Waals surface area contributed by atoms with Crippen molar-refractivity contribution in [2.45, 2.75) is 6.61 Å². The molecule has 0 spiro atoms. The number of hydrogen-bond donors (Lipinski definition) is 0. The molecule has 8 heteroatoms. The van der Waals surface area contributed by atoms with Gasteiger partial charge in [0.2, 0.25) is 5.78 Å². The molecule has 0 unspecified atom stereocenters. The number of fused-ring (bicyclic) bond motifs is 2. The van der Waals surface area contributed by atoms with Gasteiger partial charge >= 0.3 is 5.97 Å². The van der Waals surface area contributed by atoms with Gasteiger partial charge in [0.15, 0.2) is 12.6 Å². The predicted molar refractivity (Wildman–Crippen MR) is 118 cm³/mol. The first-order valence-corrected chi connectivity index (χ1v) is 10.3. The first-order valence-electron chi connectivity index (χ1n) is 9.57. The van der Waals surface area contributed by atoms with Crippen LogP contribution >= 0.6 is 23.2 Å². The van der Waals surface area contributed by atoms with Gasteiger partial charge < -0.3 is 18.9 Å². The lowest BCUT2D eigenvalue weighted by Crippen LogP contribution is -2.12. The van der Waals surface area contributed by atoms with Crippen molar-refractivity contribution >= 4 is 41.0 Å². The van der Waals surface area contributed by atoms with Crippen LogP contribution in [0.25, 0.3) is 6.08 Å². The summed E-state index contributed by atoms with van der Waals surface area (Å²) in [4.78, 5) is 25.2. The second-order valence-electron chi connectivity index (χ2n) is 7.09. The predicted octanol–water partition coefficient (Wildman–Crippen LogP) is 5.70. The number of carbonyl (C=O) groups is 2. The molecule has 0 aromatic heterocycles. The summed E-state index contributed by atoms with van der Waals surface area (Å²) in [7, 11) is 0. The minimum absolute atomic E-state index is 0.112. The summed E-state index contributed by atoms with van der Waals surface area (Å²) in [6.07, 6.45) is 1.58. The normalized spacial score (nSPS) is 15.6. The van der Waals surface area contributed by atoms with Crippen LogP contribution in [0, 0.1) is 0 Å². The van der Waals surface area contributed by atoms with Crippen molar-refractivity contribution in [3.8, 4) is 17.2 Å².